The Morgan fingerprint density at radius 2 is 1.93 bits per heavy atom. The van der Waals surface area contributed by atoms with Gasteiger partial charge in [-0.25, -0.2) is 8.42 Å². The number of sulfone groups is 1. The molecule has 0 fully saturated rings. The highest BCUT2D eigenvalue weighted by Gasteiger charge is 2.09. The maximum atomic E-state index is 10.9. The van der Waals surface area contributed by atoms with Gasteiger partial charge in [-0.2, -0.15) is 0 Å². The van der Waals surface area contributed by atoms with Gasteiger partial charge in [-0.1, -0.05) is 0 Å². The Bertz CT molecular complexity index is 237. The zero-order valence-electron chi connectivity index (χ0n) is 9.58. The Hall–Kier alpha value is -0.130. The van der Waals surface area contributed by atoms with Crippen LogP contribution in [0.5, 0.6) is 0 Å². The second-order valence-corrected chi connectivity index (χ2v) is 6.28. The molecule has 0 saturated carbocycles. The van der Waals surface area contributed by atoms with Crippen molar-refractivity contribution in [3.8, 4) is 0 Å². The molecule has 0 aliphatic rings. The van der Waals surface area contributed by atoms with Crippen molar-refractivity contribution >= 4 is 9.84 Å². The SMILES string of the molecule is CNC(CCCS(C)(=O)=O)CN(C)C. The summed E-state index contributed by atoms with van der Waals surface area (Å²) in [6, 6.07) is 0.381. The van der Waals surface area contributed by atoms with Crippen LogP contribution >= 0.6 is 0 Å². The van der Waals surface area contributed by atoms with Crippen molar-refractivity contribution in [1.29, 1.82) is 0 Å². The van der Waals surface area contributed by atoms with Gasteiger partial charge in [0.25, 0.3) is 0 Å². The zero-order chi connectivity index (χ0) is 11.2. The summed E-state index contributed by atoms with van der Waals surface area (Å²) in [5.74, 6) is 0.290. The third kappa shape index (κ3) is 8.47. The number of hydrogen-bond donors (Lipinski definition) is 1. The highest BCUT2D eigenvalue weighted by molar-refractivity contribution is 7.90. The van der Waals surface area contributed by atoms with Crippen molar-refractivity contribution in [2.45, 2.75) is 18.9 Å². The predicted molar refractivity (Wildman–Crippen MR) is 60.3 cm³/mol. The summed E-state index contributed by atoms with van der Waals surface area (Å²) in [6.45, 7) is 0.945. The number of nitrogens with zero attached hydrogens (tertiary/aromatic N) is 1. The Morgan fingerprint density at radius 3 is 2.29 bits per heavy atom. The molecule has 1 unspecified atom stereocenters. The molecule has 4 nitrogen and oxygen atoms in total. The van der Waals surface area contributed by atoms with Crippen molar-refractivity contribution in [3.63, 3.8) is 0 Å². The molecule has 0 aliphatic heterocycles. The molecule has 0 aliphatic carbocycles. The van der Waals surface area contributed by atoms with E-state index in [-0.39, 0.29) is 0 Å². The Kier molecular flexibility index (Phi) is 6.31. The fourth-order valence-corrected chi connectivity index (χ4v) is 2.05. The van der Waals surface area contributed by atoms with Gasteiger partial charge in [-0.05, 0) is 34.0 Å². The molecule has 0 spiro atoms. The summed E-state index contributed by atoms with van der Waals surface area (Å²) in [5, 5.41) is 3.18. The number of rotatable bonds is 7. The van der Waals surface area contributed by atoms with Gasteiger partial charge in [-0.15, -0.1) is 0 Å². The van der Waals surface area contributed by atoms with Crippen LogP contribution in [-0.2, 0) is 9.84 Å². The van der Waals surface area contributed by atoms with Gasteiger partial charge in [0, 0.05) is 24.6 Å². The van der Waals surface area contributed by atoms with Gasteiger partial charge in [0.1, 0.15) is 9.84 Å². The van der Waals surface area contributed by atoms with Crippen molar-refractivity contribution in [3.05, 3.63) is 0 Å². The molecule has 14 heavy (non-hydrogen) atoms. The molecule has 1 N–H and O–H groups in total. The van der Waals surface area contributed by atoms with E-state index < -0.39 is 9.84 Å². The smallest absolute Gasteiger partial charge is 0.147 e. The van der Waals surface area contributed by atoms with Crippen LogP contribution in [0.15, 0.2) is 0 Å². The van der Waals surface area contributed by atoms with Gasteiger partial charge in [0.05, 0.1) is 0 Å². The third-order valence-corrected chi connectivity index (χ3v) is 3.09. The Balaban J connectivity index is 3.74. The van der Waals surface area contributed by atoms with Crippen molar-refractivity contribution in [2.24, 2.45) is 0 Å². The molecule has 0 aromatic heterocycles. The van der Waals surface area contributed by atoms with Crippen LogP contribution in [0, 0.1) is 0 Å². The van der Waals surface area contributed by atoms with Crippen molar-refractivity contribution < 1.29 is 8.42 Å². The second kappa shape index (κ2) is 6.37. The maximum absolute atomic E-state index is 10.9. The highest BCUT2D eigenvalue weighted by atomic mass is 32.2. The molecule has 0 bridgehead atoms. The number of nitrogens with one attached hydrogen (secondary N) is 1. The quantitative estimate of drug-likeness (QED) is 0.657. The molecule has 0 heterocycles. The molecular weight excluding hydrogens is 200 g/mol. The molecule has 86 valence electrons. The van der Waals surface area contributed by atoms with E-state index >= 15 is 0 Å². The summed E-state index contributed by atoms with van der Waals surface area (Å²) in [4.78, 5) is 2.10. The fraction of sp³-hybridized carbons (Fsp3) is 1.00. The average molecular weight is 222 g/mol. The van der Waals surface area contributed by atoms with E-state index in [0.717, 1.165) is 19.4 Å². The summed E-state index contributed by atoms with van der Waals surface area (Å²) in [5.41, 5.74) is 0. The fourth-order valence-electron chi connectivity index (χ4n) is 1.36. The van der Waals surface area contributed by atoms with Crippen LogP contribution in [0.2, 0.25) is 0 Å². The molecule has 0 radical (unpaired) electrons. The normalized spacial score (nSPS) is 14.6. The topological polar surface area (TPSA) is 49.4 Å². The zero-order valence-corrected chi connectivity index (χ0v) is 10.4. The summed E-state index contributed by atoms with van der Waals surface area (Å²) in [7, 11) is 3.14. The molecule has 0 saturated heterocycles. The largest absolute Gasteiger partial charge is 0.316 e. The number of likely N-dealkylation sites (N-methyl/N-ethyl adjacent to an activating group) is 2. The van der Waals surface area contributed by atoms with Crippen LogP contribution < -0.4 is 5.32 Å². The van der Waals surface area contributed by atoms with Gasteiger partial charge >= 0.3 is 0 Å². The van der Waals surface area contributed by atoms with E-state index in [1.54, 1.807) is 0 Å². The average Bonchev–Trinajstić information content (AvgIpc) is 1.99. The van der Waals surface area contributed by atoms with E-state index in [9.17, 15) is 8.42 Å². The van der Waals surface area contributed by atoms with Crippen LogP contribution in [-0.4, -0.2) is 59.1 Å². The summed E-state index contributed by atoms with van der Waals surface area (Å²) < 4.78 is 21.8. The lowest BCUT2D eigenvalue weighted by atomic mass is 10.1. The lowest BCUT2D eigenvalue weighted by Gasteiger charge is -2.20. The molecule has 5 heteroatoms. The summed E-state index contributed by atoms with van der Waals surface area (Å²) in [6.07, 6.45) is 2.92. The molecule has 0 rings (SSSR count). The first-order valence-corrected chi connectivity index (χ1v) is 6.91. The first kappa shape index (κ1) is 13.9. The number of hydrogen-bond acceptors (Lipinski definition) is 4. The Morgan fingerprint density at radius 1 is 1.36 bits per heavy atom. The van der Waals surface area contributed by atoms with E-state index in [0.29, 0.717) is 11.8 Å². The Labute approximate surface area is 87.6 Å². The maximum Gasteiger partial charge on any atom is 0.147 e. The first-order valence-electron chi connectivity index (χ1n) is 4.85. The van der Waals surface area contributed by atoms with Crippen LogP contribution in [0.25, 0.3) is 0 Å². The summed E-state index contributed by atoms with van der Waals surface area (Å²) >= 11 is 0. The van der Waals surface area contributed by atoms with E-state index in [1.165, 1.54) is 6.26 Å². The highest BCUT2D eigenvalue weighted by Crippen LogP contribution is 2.00. The molecular formula is C9H22N2O2S. The third-order valence-electron chi connectivity index (χ3n) is 2.06. The lowest BCUT2D eigenvalue weighted by molar-refractivity contribution is 0.336. The first-order chi connectivity index (χ1) is 6.35. The molecule has 0 aromatic carbocycles. The minimum absolute atomic E-state index is 0.290. The van der Waals surface area contributed by atoms with Gasteiger partial charge in [0.15, 0.2) is 0 Å². The minimum atomic E-state index is -2.80. The minimum Gasteiger partial charge on any atom is -0.316 e. The van der Waals surface area contributed by atoms with E-state index in [4.69, 9.17) is 0 Å². The molecule has 1 atom stereocenters. The van der Waals surface area contributed by atoms with Gasteiger partial charge in [-0.3, -0.25) is 0 Å². The standard InChI is InChI=1S/C9H22N2O2S/c1-10-9(8-11(2)3)6-5-7-14(4,12)13/h9-10H,5-8H2,1-4H3. The molecule has 0 amide bonds. The second-order valence-electron chi connectivity index (χ2n) is 4.02. The van der Waals surface area contributed by atoms with E-state index in [2.05, 4.69) is 10.2 Å². The predicted octanol–water partition coefficient (Wildman–Crippen LogP) is -0.0392. The van der Waals surface area contributed by atoms with Crippen LogP contribution in [0.1, 0.15) is 12.8 Å². The molecule has 0 aromatic rings. The van der Waals surface area contributed by atoms with Crippen LogP contribution in [0.3, 0.4) is 0 Å². The van der Waals surface area contributed by atoms with Gasteiger partial charge in [0.2, 0.25) is 0 Å². The van der Waals surface area contributed by atoms with E-state index in [1.807, 2.05) is 21.1 Å². The van der Waals surface area contributed by atoms with Crippen LogP contribution in [0.4, 0.5) is 0 Å². The monoisotopic (exact) mass is 222 g/mol. The van der Waals surface area contributed by atoms with Crippen molar-refractivity contribution in [1.82, 2.24) is 10.2 Å². The van der Waals surface area contributed by atoms with Gasteiger partial charge < -0.3 is 10.2 Å². The van der Waals surface area contributed by atoms with Crippen molar-refractivity contribution in [2.75, 3.05) is 39.7 Å². The lowest BCUT2D eigenvalue weighted by Crippen LogP contribution is -2.36.